The SMILES string of the molecule is O=C(Oc1ccc2c(=O)c(Oc3ccccc3Cl)c(C(F)(F)F)oc2c1)c1ccc(-c2ccccc2)cc1. The van der Waals surface area contributed by atoms with Crippen LogP contribution in [-0.2, 0) is 6.18 Å². The van der Waals surface area contributed by atoms with Crippen LogP contribution in [0.5, 0.6) is 17.2 Å². The quantitative estimate of drug-likeness (QED) is 0.167. The highest BCUT2D eigenvalue weighted by atomic mass is 35.5. The van der Waals surface area contributed by atoms with Gasteiger partial charge < -0.3 is 13.9 Å². The van der Waals surface area contributed by atoms with Gasteiger partial charge in [0.25, 0.3) is 5.76 Å². The molecule has 0 atom stereocenters. The Morgan fingerprint density at radius 3 is 2.16 bits per heavy atom. The van der Waals surface area contributed by atoms with Gasteiger partial charge in [0.05, 0.1) is 16.0 Å². The highest BCUT2D eigenvalue weighted by molar-refractivity contribution is 6.32. The van der Waals surface area contributed by atoms with Gasteiger partial charge in [0, 0.05) is 6.07 Å². The first-order valence-electron chi connectivity index (χ1n) is 11.2. The first-order chi connectivity index (χ1) is 18.2. The molecule has 0 aliphatic carbocycles. The summed E-state index contributed by atoms with van der Waals surface area (Å²) in [5, 5.41) is -0.189. The Morgan fingerprint density at radius 1 is 0.816 bits per heavy atom. The highest BCUT2D eigenvalue weighted by Crippen LogP contribution is 2.40. The zero-order valence-corrected chi connectivity index (χ0v) is 20.0. The molecule has 0 bridgehead atoms. The smallest absolute Gasteiger partial charge is 0.448 e. The summed E-state index contributed by atoms with van der Waals surface area (Å²) in [6.07, 6.45) is -5.06. The third-order valence-corrected chi connectivity index (χ3v) is 5.88. The lowest BCUT2D eigenvalue weighted by molar-refractivity contribution is -0.154. The number of carbonyl (C=O) groups excluding carboxylic acids is 1. The van der Waals surface area contributed by atoms with Gasteiger partial charge in [-0.05, 0) is 47.5 Å². The second-order valence-electron chi connectivity index (χ2n) is 8.11. The third kappa shape index (κ3) is 5.12. The van der Waals surface area contributed by atoms with Crippen molar-refractivity contribution in [2.24, 2.45) is 0 Å². The maximum absolute atomic E-state index is 13.8. The summed E-state index contributed by atoms with van der Waals surface area (Å²) < 4.78 is 57.1. The van der Waals surface area contributed by atoms with E-state index in [1.807, 2.05) is 30.3 Å². The van der Waals surface area contributed by atoms with Crippen LogP contribution in [0.15, 0.2) is 106 Å². The van der Waals surface area contributed by atoms with Crippen molar-refractivity contribution in [3.05, 3.63) is 124 Å². The fourth-order valence-electron chi connectivity index (χ4n) is 3.73. The molecule has 190 valence electrons. The molecule has 1 heterocycles. The Bertz CT molecular complexity index is 1690. The molecule has 0 N–H and O–H groups in total. The van der Waals surface area contributed by atoms with E-state index in [1.54, 1.807) is 30.3 Å². The Hall–Kier alpha value is -4.56. The molecule has 5 rings (SSSR count). The van der Waals surface area contributed by atoms with Crippen molar-refractivity contribution in [2.45, 2.75) is 6.18 Å². The van der Waals surface area contributed by atoms with Crippen LogP contribution in [0, 0.1) is 0 Å². The third-order valence-electron chi connectivity index (χ3n) is 5.57. The number of hydrogen-bond donors (Lipinski definition) is 0. The van der Waals surface area contributed by atoms with Crippen molar-refractivity contribution in [3.63, 3.8) is 0 Å². The Balaban J connectivity index is 1.46. The van der Waals surface area contributed by atoms with Crippen LogP contribution in [-0.4, -0.2) is 5.97 Å². The molecule has 0 amide bonds. The topological polar surface area (TPSA) is 65.7 Å². The average molecular weight is 537 g/mol. The van der Waals surface area contributed by atoms with Gasteiger partial charge >= 0.3 is 12.1 Å². The van der Waals surface area contributed by atoms with E-state index >= 15 is 0 Å². The lowest BCUT2D eigenvalue weighted by Gasteiger charge is -2.14. The maximum atomic E-state index is 13.8. The molecule has 5 aromatic rings. The van der Waals surface area contributed by atoms with Crippen LogP contribution < -0.4 is 14.9 Å². The van der Waals surface area contributed by atoms with E-state index in [9.17, 15) is 22.8 Å². The number of hydrogen-bond acceptors (Lipinski definition) is 5. The minimum absolute atomic E-state index is 0.0131. The molecule has 0 fully saturated rings. The van der Waals surface area contributed by atoms with E-state index in [-0.39, 0.29) is 27.5 Å². The fourth-order valence-corrected chi connectivity index (χ4v) is 3.91. The van der Waals surface area contributed by atoms with Crippen LogP contribution in [0.4, 0.5) is 13.2 Å². The number of alkyl halides is 3. The van der Waals surface area contributed by atoms with E-state index in [0.29, 0.717) is 0 Å². The van der Waals surface area contributed by atoms with E-state index in [2.05, 4.69) is 0 Å². The van der Waals surface area contributed by atoms with Crippen molar-refractivity contribution in [2.75, 3.05) is 0 Å². The first-order valence-corrected chi connectivity index (χ1v) is 11.6. The zero-order chi connectivity index (χ0) is 26.9. The zero-order valence-electron chi connectivity index (χ0n) is 19.3. The minimum Gasteiger partial charge on any atom is -0.448 e. The van der Waals surface area contributed by atoms with Crippen molar-refractivity contribution in [1.29, 1.82) is 0 Å². The Labute approximate surface area is 218 Å². The summed E-state index contributed by atoms with van der Waals surface area (Å²) in [4.78, 5) is 25.6. The molecule has 0 saturated carbocycles. The predicted molar refractivity (Wildman–Crippen MR) is 136 cm³/mol. The number of para-hydroxylation sites is 1. The highest BCUT2D eigenvalue weighted by Gasteiger charge is 2.40. The molecule has 38 heavy (non-hydrogen) atoms. The van der Waals surface area contributed by atoms with Gasteiger partial charge in [0.1, 0.15) is 17.1 Å². The molecule has 5 nitrogen and oxygen atoms in total. The van der Waals surface area contributed by atoms with Crippen molar-refractivity contribution in [1.82, 2.24) is 0 Å². The summed E-state index contributed by atoms with van der Waals surface area (Å²) in [6.45, 7) is 0. The molecule has 0 saturated heterocycles. The van der Waals surface area contributed by atoms with Gasteiger partial charge in [0.2, 0.25) is 11.2 Å². The molecule has 0 aliphatic rings. The first kappa shape index (κ1) is 25.1. The second-order valence-corrected chi connectivity index (χ2v) is 8.52. The van der Waals surface area contributed by atoms with Gasteiger partial charge in [-0.1, -0.05) is 66.2 Å². The number of carbonyl (C=O) groups is 1. The summed E-state index contributed by atoms with van der Waals surface area (Å²) >= 11 is 5.98. The Kier molecular flexibility index (Phi) is 6.65. The van der Waals surface area contributed by atoms with Crippen LogP contribution in [0.2, 0.25) is 5.02 Å². The van der Waals surface area contributed by atoms with Crippen molar-refractivity contribution in [3.8, 4) is 28.4 Å². The van der Waals surface area contributed by atoms with E-state index in [0.717, 1.165) is 17.2 Å². The fraction of sp³-hybridized carbons (Fsp3) is 0.0345. The number of fused-ring (bicyclic) bond motifs is 1. The molecule has 0 radical (unpaired) electrons. The van der Waals surface area contributed by atoms with Gasteiger partial charge in [-0.3, -0.25) is 4.79 Å². The standard InChI is InChI=1S/C29H16ClF3O5/c30-22-8-4-5-9-23(22)37-26-25(34)21-15-14-20(16-24(21)38-27(26)29(31,32)33)36-28(35)19-12-10-18(11-13-19)17-6-2-1-3-7-17/h1-16H. The number of benzene rings is 4. The van der Waals surface area contributed by atoms with Crippen molar-refractivity contribution >= 4 is 28.5 Å². The largest absolute Gasteiger partial charge is 0.453 e. The number of esters is 1. The molecule has 9 heteroatoms. The van der Waals surface area contributed by atoms with Crippen LogP contribution >= 0.6 is 11.6 Å². The summed E-state index contributed by atoms with van der Waals surface area (Å²) in [7, 11) is 0. The molecular weight excluding hydrogens is 521 g/mol. The van der Waals surface area contributed by atoms with Crippen molar-refractivity contribution < 1.29 is 31.9 Å². The number of rotatable bonds is 5. The average Bonchev–Trinajstić information content (AvgIpc) is 2.91. The van der Waals surface area contributed by atoms with E-state index in [1.165, 1.54) is 30.3 Å². The van der Waals surface area contributed by atoms with Gasteiger partial charge in [0.15, 0.2) is 0 Å². The lowest BCUT2D eigenvalue weighted by atomic mass is 10.0. The molecule has 0 unspecified atom stereocenters. The summed E-state index contributed by atoms with van der Waals surface area (Å²) in [6, 6.07) is 25.5. The summed E-state index contributed by atoms with van der Waals surface area (Å²) in [5.41, 5.74) is 0.594. The van der Waals surface area contributed by atoms with Gasteiger partial charge in [-0.15, -0.1) is 0 Å². The van der Waals surface area contributed by atoms with Gasteiger partial charge in [-0.2, -0.15) is 13.2 Å². The molecular formula is C29H16ClF3O5. The van der Waals surface area contributed by atoms with Gasteiger partial charge in [-0.25, -0.2) is 4.79 Å². The minimum atomic E-state index is -5.06. The normalized spacial score (nSPS) is 11.4. The monoisotopic (exact) mass is 536 g/mol. The maximum Gasteiger partial charge on any atom is 0.453 e. The second kappa shape index (κ2) is 10.1. The van der Waals surface area contributed by atoms with E-state index in [4.69, 9.17) is 25.5 Å². The Morgan fingerprint density at radius 2 is 1.47 bits per heavy atom. The van der Waals surface area contributed by atoms with E-state index < -0.39 is 34.7 Å². The van der Waals surface area contributed by atoms with Crippen LogP contribution in [0.1, 0.15) is 16.1 Å². The number of ether oxygens (including phenoxy) is 2. The lowest BCUT2D eigenvalue weighted by Crippen LogP contribution is -2.15. The number of halogens is 4. The molecule has 1 aromatic heterocycles. The molecule has 0 spiro atoms. The predicted octanol–water partition coefficient (Wildman–Crippen LogP) is 8.14. The van der Waals surface area contributed by atoms with Crippen LogP contribution in [0.25, 0.3) is 22.1 Å². The molecule has 0 aliphatic heterocycles. The van der Waals surface area contributed by atoms with Crippen LogP contribution in [0.3, 0.4) is 0 Å². The summed E-state index contributed by atoms with van der Waals surface area (Å²) in [5.74, 6) is -3.68. The molecule has 4 aromatic carbocycles.